The molecule has 0 saturated carbocycles. The highest BCUT2D eigenvalue weighted by Gasteiger charge is 2.14. The van der Waals surface area contributed by atoms with Crippen LogP contribution >= 0.6 is 0 Å². The Labute approximate surface area is 150 Å². The topological polar surface area (TPSA) is 35.5 Å². The number of hydrogen-bond donors (Lipinski definition) is 0. The minimum Gasteiger partial charge on any atom is -0.564 e. The number of allylic oxidation sites excluding steroid dienone is 1. The fourth-order valence-electron chi connectivity index (χ4n) is 2.46. The maximum atomic E-state index is 12.5. The molecule has 0 unspecified atom stereocenters. The Morgan fingerprint density at radius 3 is 2.00 bits per heavy atom. The first kappa shape index (κ1) is 18.8. The number of hydrogen-bond acceptors (Lipinski definition) is 3. The first-order valence-electron chi connectivity index (χ1n) is 8.49. The largest absolute Gasteiger partial charge is 0.564 e. The molecule has 130 valence electrons. The molecule has 0 spiro atoms. The molecule has 0 bridgehead atoms. The number of ether oxygens (including phenoxy) is 1. The predicted molar refractivity (Wildman–Crippen MR) is 105 cm³/mol. The molecule has 0 aromatic heterocycles. The van der Waals surface area contributed by atoms with Gasteiger partial charge in [0.05, 0.1) is 7.11 Å². The van der Waals surface area contributed by atoms with Crippen LogP contribution in [0.25, 0.3) is 5.76 Å². The summed E-state index contributed by atoms with van der Waals surface area (Å²) < 4.78 is 10.8. The van der Waals surface area contributed by atoms with E-state index in [-0.39, 0.29) is 11.2 Å². The number of rotatable bonds is 6. The van der Waals surface area contributed by atoms with Crippen LogP contribution in [0.2, 0.25) is 6.82 Å². The molecule has 2 rings (SSSR count). The Balaban J connectivity index is 2.29. The van der Waals surface area contributed by atoms with Crippen molar-refractivity contribution in [1.29, 1.82) is 0 Å². The lowest BCUT2D eigenvalue weighted by atomic mass is 9.86. The van der Waals surface area contributed by atoms with Crippen LogP contribution in [0.4, 0.5) is 0 Å². The van der Waals surface area contributed by atoms with Crippen molar-refractivity contribution in [1.82, 2.24) is 0 Å². The van der Waals surface area contributed by atoms with Gasteiger partial charge in [0, 0.05) is 17.2 Å². The van der Waals surface area contributed by atoms with Crippen molar-refractivity contribution in [2.75, 3.05) is 7.11 Å². The molecule has 25 heavy (non-hydrogen) atoms. The fraction of sp³-hybridized carbons (Fsp3) is 0.286. The minimum atomic E-state index is -0.0917. The lowest BCUT2D eigenvalue weighted by Crippen LogP contribution is -2.10. The molecule has 0 radical (unpaired) electrons. The second kappa shape index (κ2) is 8.06. The van der Waals surface area contributed by atoms with Gasteiger partial charge in [0.25, 0.3) is 0 Å². The van der Waals surface area contributed by atoms with Crippen molar-refractivity contribution in [3.63, 3.8) is 0 Å². The number of carbonyl (C=O) groups excluding carboxylic acids is 1. The van der Waals surface area contributed by atoms with E-state index in [0.29, 0.717) is 18.8 Å². The van der Waals surface area contributed by atoms with Crippen molar-refractivity contribution >= 4 is 19.0 Å². The average molecular weight is 336 g/mol. The highest BCUT2D eigenvalue weighted by molar-refractivity contribution is 6.27. The van der Waals surface area contributed by atoms with Gasteiger partial charge in [-0.15, -0.1) is 0 Å². The lowest BCUT2D eigenvalue weighted by Gasteiger charge is -2.19. The van der Waals surface area contributed by atoms with Crippen LogP contribution in [0.5, 0.6) is 5.75 Å². The Bertz CT molecular complexity index is 738. The summed E-state index contributed by atoms with van der Waals surface area (Å²) in [6.45, 7) is 8.44. The van der Waals surface area contributed by atoms with E-state index in [4.69, 9.17) is 9.39 Å². The minimum absolute atomic E-state index is 0.0902. The molecule has 0 fully saturated rings. The molecule has 0 aliphatic heterocycles. The SMILES string of the molecule is CBO/C(=C\C(=O)c1ccc(OC)cc1)c1ccc(C(C)(C)C)cc1. The highest BCUT2D eigenvalue weighted by Crippen LogP contribution is 2.25. The van der Waals surface area contributed by atoms with Gasteiger partial charge in [-0.25, -0.2) is 0 Å². The van der Waals surface area contributed by atoms with Gasteiger partial charge in [-0.05, 0) is 35.2 Å². The summed E-state index contributed by atoms with van der Waals surface area (Å²) in [5.41, 5.74) is 2.84. The van der Waals surface area contributed by atoms with Crippen LogP contribution in [0.15, 0.2) is 54.6 Å². The Morgan fingerprint density at radius 1 is 0.960 bits per heavy atom. The van der Waals surface area contributed by atoms with E-state index >= 15 is 0 Å². The second-order valence-electron chi connectivity index (χ2n) is 6.86. The molecule has 0 aliphatic rings. The normalized spacial score (nSPS) is 11.8. The monoisotopic (exact) mass is 336 g/mol. The lowest BCUT2D eigenvalue weighted by molar-refractivity contribution is 0.104. The van der Waals surface area contributed by atoms with Crippen LogP contribution in [0.3, 0.4) is 0 Å². The van der Waals surface area contributed by atoms with Gasteiger partial charge >= 0.3 is 7.48 Å². The Morgan fingerprint density at radius 2 is 1.52 bits per heavy atom. The zero-order valence-corrected chi connectivity index (χ0v) is 15.6. The van der Waals surface area contributed by atoms with Crippen molar-refractivity contribution in [3.8, 4) is 5.75 Å². The molecule has 4 heteroatoms. The maximum absolute atomic E-state index is 12.5. The van der Waals surface area contributed by atoms with E-state index in [1.165, 1.54) is 5.56 Å². The number of ketones is 1. The zero-order chi connectivity index (χ0) is 18.4. The van der Waals surface area contributed by atoms with Gasteiger partial charge in [0.15, 0.2) is 5.78 Å². The van der Waals surface area contributed by atoms with Crippen molar-refractivity contribution in [3.05, 3.63) is 71.3 Å². The average Bonchev–Trinajstić information content (AvgIpc) is 2.60. The van der Waals surface area contributed by atoms with Gasteiger partial charge in [-0.2, -0.15) is 0 Å². The second-order valence-corrected chi connectivity index (χ2v) is 6.86. The first-order chi connectivity index (χ1) is 11.8. The third kappa shape index (κ3) is 4.99. The molecule has 0 aliphatic carbocycles. The summed E-state index contributed by atoms with van der Waals surface area (Å²) in [6, 6.07) is 15.2. The van der Waals surface area contributed by atoms with E-state index < -0.39 is 0 Å². The van der Waals surface area contributed by atoms with Crippen LogP contribution < -0.4 is 4.74 Å². The Hall–Kier alpha value is -2.49. The van der Waals surface area contributed by atoms with Crippen molar-refractivity contribution < 1.29 is 14.2 Å². The molecular formula is C21H25BO3. The smallest absolute Gasteiger partial charge is 0.336 e. The van der Waals surface area contributed by atoms with Crippen molar-refractivity contribution in [2.24, 2.45) is 0 Å². The Kier molecular flexibility index (Phi) is 6.08. The molecule has 0 amide bonds. The standard InChI is InChI=1S/C21H25BO3/c1-21(2,3)17-10-6-16(7-11-17)20(25-22-4)14-19(23)15-8-12-18(24-5)13-9-15/h6-14,22H,1-5H3/b20-14-. The van der Waals surface area contributed by atoms with Gasteiger partial charge in [-0.1, -0.05) is 51.9 Å². The van der Waals surface area contributed by atoms with Crippen LogP contribution in [0, 0.1) is 0 Å². The van der Waals surface area contributed by atoms with E-state index in [0.717, 1.165) is 11.3 Å². The van der Waals surface area contributed by atoms with E-state index in [9.17, 15) is 4.79 Å². The maximum Gasteiger partial charge on any atom is 0.336 e. The summed E-state index contributed by atoms with van der Waals surface area (Å²) in [5.74, 6) is 1.22. The number of carbonyl (C=O) groups is 1. The fourth-order valence-corrected chi connectivity index (χ4v) is 2.46. The summed E-state index contributed by atoms with van der Waals surface area (Å²) in [6.07, 6.45) is 1.55. The summed E-state index contributed by atoms with van der Waals surface area (Å²) >= 11 is 0. The van der Waals surface area contributed by atoms with Gasteiger partial charge in [0.2, 0.25) is 0 Å². The van der Waals surface area contributed by atoms with E-state index in [1.54, 1.807) is 37.5 Å². The molecule has 0 saturated heterocycles. The molecule has 0 atom stereocenters. The molecular weight excluding hydrogens is 311 g/mol. The predicted octanol–water partition coefficient (Wildman–Crippen LogP) is 4.63. The van der Waals surface area contributed by atoms with Crippen LogP contribution in [-0.4, -0.2) is 20.4 Å². The summed E-state index contributed by atoms with van der Waals surface area (Å²) in [7, 11) is 2.11. The van der Waals surface area contributed by atoms with Gasteiger partial charge in [0.1, 0.15) is 11.5 Å². The van der Waals surface area contributed by atoms with Crippen molar-refractivity contribution in [2.45, 2.75) is 33.0 Å². The molecule has 2 aromatic carbocycles. The van der Waals surface area contributed by atoms with Gasteiger partial charge < -0.3 is 9.39 Å². The van der Waals surface area contributed by atoms with Crippen LogP contribution in [-0.2, 0) is 10.1 Å². The van der Waals surface area contributed by atoms with E-state index in [1.807, 2.05) is 19.0 Å². The zero-order valence-electron chi connectivity index (χ0n) is 15.6. The number of benzene rings is 2. The summed E-state index contributed by atoms with van der Waals surface area (Å²) in [4.78, 5) is 12.5. The quantitative estimate of drug-likeness (QED) is 0.334. The molecule has 0 N–H and O–H groups in total. The third-order valence-electron chi connectivity index (χ3n) is 3.97. The van der Waals surface area contributed by atoms with Crippen LogP contribution in [0.1, 0.15) is 42.3 Å². The molecule has 2 aromatic rings. The van der Waals surface area contributed by atoms with E-state index in [2.05, 4.69) is 32.9 Å². The third-order valence-corrected chi connectivity index (χ3v) is 3.97. The molecule has 3 nitrogen and oxygen atoms in total. The van der Waals surface area contributed by atoms with Gasteiger partial charge in [-0.3, -0.25) is 4.79 Å². The number of methoxy groups -OCH3 is 1. The summed E-state index contributed by atoms with van der Waals surface area (Å²) in [5, 5.41) is 0. The highest BCUT2D eigenvalue weighted by atomic mass is 16.5. The first-order valence-corrected chi connectivity index (χ1v) is 8.49. The molecule has 0 heterocycles.